The quantitative estimate of drug-likeness (QED) is 0.0310. The molecule has 6 aromatic carbocycles. The third-order valence-electron chi connectivity index (χ3n) is 18.1. The van der Waals surface area contributed by atoms with Gasteiger partial charge in [-0.15, -0.1) is 11.8 Å². The summed E-state index contributed by atoms with van der Waals surface area (Å²) in [5.41, 5.74) is 40.4. The fraction of sp³-hybridized carbons (Fsp3) is 0.0860. The molecule has 0 atom stereocenters. The average molecular weight is 1700 g/mol. The summed E-state index contributed by atoms with van der Waals surface area (Å²) in [5.74, 6) is 4.14. The molecule has 0 unspecified atom stereocenters. The molecule has 0 amide bonds. The molecule has 18 aromatic rings. The second kappa shape index (κ2) is 41.3. The Labute approximate surface area is 727 Å². The largest absolute Gasteiger partial charge is 0.368 e. The number of rotatable bonds is 21. The van der Waals surface area contributed by atoms with Gasteiger partial charge in [-0.3, -0.25) is 24.9 Å². The number of fused-ring (bicyclic) bond motifs is 2. The number of hydrogen-bond acceptors (Lipinski definition) is 26. The lowest BCUT2D eigenvalue weighted by molar-refractivity contribution is 0.602. The zero-order valence-electron chi connectivity index (χ0n) is 67.4. The SMILES string of the molecule is Cc1cc(Cc2ccc3c(ccn3-c3ccncc3)c2)nc(N)n1.Cc1cc(Cc2ccc3c(ccn3-c3ccncc3)c2)nc(Nc2ccccc2)n1.Cc1cc(Nc2ccc(SCc3ccncc3)cc2)nc(N)n1.Cc1cc(Nc2ccc(Sc3ccncc3)c(Cl)c2)nc(N)n1.Cc1cc(Nc2ccc(Sc3ccncc3)c(F)c2)nc(N)n1. The molecule has 25 nitrogen and oxygen atoms in total. The molecular weight excluding hydrogens is 1620 g/mol. The number of aryl methyl sites for hydroxylation is 5. The summed E-state index contributed by atoms with van der Waals surface area (Å²) in [4.78, 5) is 67.1. The van der Waals surface area contributed by atoms with Gasteiger partial charge in [-0.05, 0) is 233 Å². The maximum atomic E-state index is 14.3. The van der Waals surface area contributed by atoms with E-state index in [1.54, 1.807) is 78.9 Å². The molecule has 12 heterocycles. The molecule has 0 fully saturated rings. The van der Waals surface area contributed by atoms with Gasteiger partial charge >= 0.3 is 0 Å². The predicted octanol–water partition coefficient (Wildman–Crippen LogP) is 20.7. The minimum absolute atomic E-state index is 0.179. The number of thioether (sulfide) groups is 1. The maximum absolute atomic E-state index is 14.3. The second-order valence-electron chi connectivity index (χ2n) is 27.8. The van der Waals surface area contributed by atoms with Crippen molar-refractivity contribution in [3.8, 4) is 11.4 Å². The minimum Gasteiger partial charge on any atom is -0.368 e. The van der Waals surface area contributed by atoms with Crippen LogP contribution in [-0.2, 0) is 18.6 Å². The van der Waals surface area contributed by atoms with E-state index >= 15 is 0 Å². The molecule has 12 N–H and O–H groups in total. The van der Waals surface area contributed by atoms with Gasteiger partial charge in [0.15, 0.2) is 0 Å². The number of aromatic nitrogens is 17. The van der Waals surface area contributed by atoms with Crippen LogP contribution in [0.3, 0.4) is 0 Å². The van der Waals surface area contributed by atoms with Crippen LogP contribution in [0, 0.1) is 40.4 Å². The zero-order valence-corrected chi connectivity index (χ0v) is 70.6. The summed E-state index contributed by atoms with van der Waals surface area (Å²) >= 11 is 11.1. The second-order valence-corrected chi connectivity index (χ2v) is 31.4. The van der Waals surface area contributed by atoms with Crippen molar-refractivity contribution >= 4 is 139 Å². The number of hydrogen-bond donors (Lipinski definition) is 8. The molecular formula is C93H83ClFN25S3. The normalized spacial score (nSPS) is 10.7. The van der Waals surface area contributed by atoms with Crippen molar-refractivity contribution in [2.45, 2.75) is 77.7 Å². The van der Waals surface area contributed by atoms with Crippen molar-refractivity contribution in [2.24, 2.45) is 0 Å². The molecule has 0 aliphatic carbocycles. The first-order chi connectivity index (χ1) is 59.8. The Morgan fingerprint density at radius 1 is 0.341 bits per heavy atom. The van der Waals surface area contributed by atoms with Crippen LogP contribution in [0.2, 0.25) is 5.02 Å². The molecule has 0 aliphatic rings. The van der Waals surface area contributed by atoms with E-state index in [1.807, 2.05) is 205 Å². The Bertz CT molecular complexity index is 6330. The highest BCUT2D eigenvalue weighted by atomic mass is 35.5. The lowest BCUT2D eigenvalue weighted by Crippen LogP contribution is -2.02. The molecule has 123 heavy (non-hydrogen) atoms. The molecule has 0 aliphatic heterocycles. The Hall–Kier alpha value is -14.8. The molecule has 0 bridgehead atoms. The molecule has 18 rings (SSSR count). The highest BCUT2D eigenvalue weighted by molar-refractivity contribution is 7.99. The Kier molecular flexibility index (Phi) is 28.4. The molecule has 0 spiro atoms. The minimum atomic E-state index is -0.310. The van der Waals surface area contributed by atoms with Crippen molar-refractivity contribution in [3.05, 3.63) is 372 Å². The first kappa shape index (κ1) is 84.7. The van der Waals surface area contributed by atoms with Crippen molar-refractivity contribution in [1.29, 1.82) is 0 Å². The fourth-order valence-corrected chi connectivity index (χ4v) is 15.5. The number of halogens is 2. The molecule has 612 valence electrons. The van der Waals surface area contributed by atoms with Gasteiger partial charge in [-0.1, -0.05) is 65.5 Å². The van der Waals surface area contributed by atoms with Gasteiger partial charge in [0.05, 0.1) is 27.4 Å². The van der Waals surface area contributed by atoms with Crippen LogP contribution in [0.25, 0.3) is 33.2 Å². The molecule has 30 heteroatoms. The summed E-state index contributed by atoms with van der Waals surface area (Å²) in [7, 11) is 0. The maximum Gasteiger partial charge on any atom is 0.227 e. The molecule has 12 aromatic heterocycles. The summed E-state index contributed by atoms with van der Waals surface area (Å²) in [6.07, 6.45) is 23.4. The number of nitrogen functional groups attached to an aromatic ring is 4. The van der Waals surface area contributed by atoms with Crippen LogP contribution < -0.4 is 44.2 Å². The van der Waals surface area contributed by atoms with Crippen LogP contribution in [0.15, 0.2) is 329 Å². The van der Waals surface area contributed by atoms with Crippen LogP contribution in [0.1, 0.15) is 56.5 Å². The van der Waals surface area contributed by atoms with Crippen LogP contribution in [0.5, 0.6) is 0 Å². The standard InChI is InChI=1S/C25H21N5.C19H17N5.C17H17N5S.C16H14ClN5S.C16H14FN5S/c1-18-15-22(29-25(27-18)28-21-5-3-2-4-6-21)17-19-7-8-24-20(16-19)11-14-30(24)23-9-12-26-13-10-23;1-13-10-16(23-19(20)22-13)12-14-2-3-18-15(11-14)6-9-24(18)17-4-7-21-8-5-17;1-12-10-16(22-17(18)20-12)21-14-2-4-15(5-3-14)23-11-13-6-8-19-9-7-13;2*1-10-8-15(22-16(18)20-10)21-11-2-3-14(13(17)9-11)23-12-4-6-19-7-5-12/h2-16H,17H2,1H3,(H,27,28,29);2-11H,12H2,1H3,(H2,20,22,23);2-10H,11H2,1H3,(H3,18,20,21,22);2*2-9H,1H3,(H3,18,20,21,22). The van der Waals surface area contributed by atoms with Crippen LogP contribution >= 0.6 is 46.9 Å². The van der Waals surface area contributed by atoms with E-state index in [4.69, 9.17) is 39.5 Å². The molecule has 0 radical (unpaired) electrons. The highest BCUT2D eigenvalue weighted by Gasteiger charge is 2.14. The molecule has 0 saturated carbocycles. The average Bonchev–Trinajstić information content (AvgIpc) is 1.66. The van der Waals surface area contributed by atoms with Gasteiger partial charge in [-0.2, -0.15) is 15.0 Å². The van der Waals surface area contributed by atoms with Gasteiger partial charge in [0, 0.05) is 209 Å². The summed E-state index contributed by atoms with van der Waals surface area (Å²) in [5, 5.41) is 15.8. The zero-order chi connectivity index (χ0) is 85.4. The van der Waals surface area contributed by atoms with Crippen molar-refractivity contribution < 1.29 is 4.39 Å². The van der Waals surface area contributed by atoms with Crippen LogP contribution in [0.4, 0.5) is 74.3 Å². The van der Waals surface area contributed by atoms with Crippen LogP contribution in [-0.4, -0.2) is 83.9 Å². The number of nitrogens with two attached hydrogens (primary N) is 4. The first-order valence-electron chi connectivity index (χ1n) is 38.6. The van der Waals surface area contributed by atoms with E-state index in [-0.39, 0.29) is 23.7 Å². The number of para-hydroxylation sites is 1. The number of pyridine rings is 5. The van der Waals surface area contributed by atoms with E-state index in [0.29, 0.717) is 45.0 Å². The number of nitrogens with zero attached hydrogens (tertiary/aromatic N) is 17. The number of benzene rings is 6. The van der Waals surface area contributed by atoms with Crippen molar-refractivity contribution in [1.82, 2.24) is 83.9 Å². The van der Waals surface area contributed by atoms with Gasteiger partial charge in [-0.25, -0.2) is 39.3 Å². The van der Waals surface area contributed by atoms with E-state index in [9.17, 15) is 4.39 Å². The lowest BCUT2D eigenvalue weighted by Gasteiger charge is -2.09. The van der Waals surface area contributed by atoms with E-state index in [1.165, 1.54) is 61.2 Å². The van der Waals surface area contributed by atoms with Gasteiger partial charge in [0.1, 0.15) is 23.3 Å². The smallest absolute Gasteiger partial charge is 0.227 e. The van der Waals surface area contributed by atoms with E-state index in [0.717, 1.165) is 102 Å². The monoisotopic (exact) mass is 1700 g/mol. The molecule has 0 saturated heterocycles. The fourth-order valence-electron chi connectivity index (χ4n) is 12.7. The number of nitrogens with one attached hydrogen (secondary N) is 4. The van der Waals surface area contributed by atoms with Crippen molar-refractivity contribution in [3.63, 3.8) is 0 Å². The highest BCUT2D eigenvalue weighted by Crippen LogP contribution is 2.37. The van der Waals surface area contributed by atoms with E-state index in [2.05, 4.69) is 173 Å². The third-order valence-corrected chi connectivity index (χ3v) is 21.7. The Balaban J connectivity index is 0.000000126. The Morgan fingerprint density at radius 3 is 1.22 bits per heavy atom. The summed E-state index contributed by atoms with van der Waals surface area (Å²) in [6, 6.07) is 75.3. The lowest BCUT2D eigenvalue weighted by atomic mass is 10.1. The van der Waals surface area contributed by atoms with Gasteiger partial charge < -0.3 is 53.3 Å². The van der Waals surface area contributed by atoms with Gasteiger partial charge in [0.25, 0.3) is 0 Å². The van der Waals surface area contributed by atoms with Crippen molar-refractivity contribution in [2.75, 3.05) is 44.2 Å². The third kappa shape index (κ3) is 24.9. The first-order valence-corrected chi connectivity index (χ1v) is 41.6. The Morgan fingerprint density at radius 2 is 0.748 bits per heavy atom. The summed E-state index contributed by atoms with van der Waals surface area (Å²) < 4.78 is 18.6. The number of anilines is 12. The predicted molar refractivity (Wildman–Crippen MR) is 494 cm³/mol. The van der Waals surface area contributed by atoms with E-state index < -0.39 is 0 Å². The topological polar surface area (TPSA) is 355 Å². The van der Waals surface area contributed by atoms with Gasteiger partial charge in [0.2, 0.25) is 29.7 Å². The summed E-state index contributed by atoms with van der Waals surface area (Å²) in [6.45, 7) is 9.50.